The van der Waals surface area contributed by atoms with Crippen LogP contribution in [0.2, 0.25) is 0 Å². The highest BCUT2D eigenvalue weighted by atomic mass is 16.5. The molecule has 4 fully saturated rings. The highest BCUT2D eigenvalue weighted by Gasteiger charge is 2.60. The first-order valence-corrected chi connectivity index (χ1v) is 27.5. The van der Waals surface area contributed by atoms with Crippen molar-refractivity contribution >= 4 is 58.4 Å². The molecule has 2 spiro atoms. The van der Waals surface area contributed by atoms with Crippen molar-refractivity contribution < 1.29 is 38.6 Å². The minimum absolute atomic E-state index is 0.0964. The molecule has 2 saturated carbocycles. The van der Waals surface area contributed by atoms with E-state index in [1.807, 2.05) is 91.0 Å². The molecule has 406 valence electrons. The molecule has 0 unspecified atom stereocenters. The number of rotatable bonds is 16. The number of aliphatic hydroxyl groups is 1. The number of anilines is 4. The Labute approximate surface area is 454 Å². The first-order chi connectivity index (χ1) is 36.9. The number of para-hydroxylation sites is 2. The maximum Gasteiger partial charge on any atom is 0.332 e. The molecule has 2 saturated heterocycles. The lowest BCUT2D eigenvalue weighted by atomic mass is 9.80. The van der Waals surface area contributed by atoms with Gasteiger partial charge >= 0.3 is 12.1 Å². The lowest BCUT2D eigenvalue weighted by Crippen LogP contribution is -2.51. The molecular formula is C63H76N6O8. The average Bonchev–Trinajstić information content (AvgIpc) is 4.14. The zero-order chi connectivity index (χ0) is 55.2. The third-order valence-corrected chi connectivity index (χ3v) is 15.7. The zero-order valence-electron chi connectivity index (χ0n) is 46.1. The second-order valence-corrected chi connectivity index (χ2v) is 22.3. The second kappa shape index (κ2) is 23.9. The van der Waals surface area contributed by atoms with Crippen LogP contribution in [0.5, 0.6) is 5.75 Å². The van der Waals surface area contributed by atoms with E-state index in [0.717, 1.165) is 86.7 Å². The Hall–Kier alpha value is -7.32. The number of carbonyl (C=O) groups is 6. The van der Waals surface area contributed by atoms with Gasteiger partial charge in [0, 0.05) is 22.7 Å². The van der Waals surface area contributed by atoms with Crippen molar-refractivity contribution in [2.75, 3.05) is 33.5 Å². The molecule has 2 heterocycles. The van der Waals surface area contributed by atoms with E-state index in [4.69, 9.17) is 4.74 Å². The summed E-state index contributed by atoms with van der Waals surface area (Å²) in [5.74, 6) is 0.157. The van der Waals surface area contributed by atoms with Crippen LogP contribution in [-0.4, -0.2) is 74.8 Å². The number of hydrogen-bond donors (Lipinski definition) is 3. The number of aliphatic hydroxyl groups excluding tert-OH is 1. The van der Waals surface area contributed by atoms with Crippen molar-refractivity contribution in [3.63, 3.8) is 0 Å². The molecule has 9 rings (SSSR count). The van der Waals surface area contributed by atoms with E-state index in [9.17, 15) is 33.9 Å². The van der Waals surface area contributed by atoms with Gasteiger partial charge in [0.25, 0.3) is 11.8 Å². The van der Waals surface area contributed by atoms with Gasteiger partial charge in [0.2, 0.25) is 11.8 Å². The fourth-order valence-electron chi connectivity index (χ4n) is 11.7. The number of hydrogen-bond acceptors (Lipinski definition) is 8. The van der Waals surface area contributed by atoms with Gasteiger partial charge in [-0.2, -0.15) is 0 Å². The number of amides is 8. The third kappa shape index (κ3) is 11.5. The van der Waals surface area contributed by atoms with Crippen molar-refractivity contribution in [3.8, 4) is 5.75 Å². The summed E-state index contributed by atoms with van der Waals surface area (Å²) in [5, 5.41) is 15.5. The van der Waals surface area contributed by atoms with Crippen molar-refractivity contribution in [1.82, 2.24) is 9.80 Å². The van der Waals surface area contributed by atoms with Gasteiger partial charge in [0.05, 0.1) is 6.61 Å². The number of urea groups is 2. The quantitative estimate of drug-likeness (QED) is 0.0821. The summed E-state index contributed by atoms with van der Waals surface area (Å²) in [6.07, 6.45) is 6.74. The molecule has 0 aromatic heterocycles. The summed E-state index contributed by atoms with van der Waals surface area (Å²) in [5.41, 5.74) is 6.80. The van der Waals surface area contributed by atoms with Crippen LogP contribution in [0.25, 0.3) is 0 Å². The van der Waals surface area contributed by atoms with Gasteiger partial charge in [0.1, 0.15) is 36.5 Å². The molecule has 3 N–H and O–H groups in total. The molecule has 2 aliphatic heterocycles. The highest BCUT2D eigenvalue weighted by Crippen LogP contribution is 2.46. The Bertz CT molecular complexity index is 2890. The van der Waals surface area contributed by atoms with Crippen molar-refractivity contribution in [1.29, 1.82) is 0 Å². The summed E-state index contributed by atoms with van der Waals surface area (Å²) >= 11 is 0. The number of nitrogens with one attached hydrogen (secondary N) is 2. The van der Waals surface area contributed by atoms with Gasteiger partial charge in [0.15, 0.2) is 0 Å². The van der Waals surface area contributed by atoms with E-state index in [1.54, 1.807) is 34.1 Å². The van der Waals surface area contributed by atoms with Crippen molar-refractivity contribution in [2.45, 2.75) is 161 Å². The zero-order valence-corrected chi connectivity index (χ0v) is 46.1. The van der Waals surface area contributed by atoms with Crippen LogP contribution in [-0.2, 0) is 32.4 Å². The van der Waals surface area contributed by atoms with Gasteiger partial charge in [-0.3, -0.25) is 38.8 Å². The summed E-state index contributed by atoms with van der Waals surface area (Å²) < 4.78 is 5.92. The Balaban J connectivity index is 0.000000205. The molecule has 5 aromatic carbocycles. The summed E-state index contributed by atoms with van der Waals surface area (Å²) in [7, 11) is 0. The average molecular weight is 1050 g/mol. The smallest absolute Gasteiger partial charge is 0.332 e. The topological polar surface area (TPSA) is 169 Å². The fourth-order valence-corrected chi connectivity index (χ4v) is 11.7. The maximum atomic E-state index is 13.8. The van der Waals surface area contributed by atoms with Gasteiger partial charge < -0.3 is 20.5 Å². The first kappa shape index (κ1) is 55.9. The third-order valence-electron chi connectivity index (χ3n) is 15.7. The van der Waals surface area contributed by atoms with Crippen LogP contribution in [0.4, 0.5) is 32.3 Å². The van der Waals surface area contributed by atoms with Gasteiger partial charge in [-0.15, -0.1) is 0 Å². The Morgan fingerprint density at radius 2 is 0.870 bits per heavy atom. The molecule has 77 heavy (non-hydrogen) atoms. The predicted octanol–water partition coefficient (Wildman–Crippen LogP) is 12.8. The first-order valence-electron chi connectivity index (χ1n) is 27.5. The van der Waals surface area contributed by atoms with E-state index in [0.29, 0.717) is 49.4 Å². The van der Waals surface area contributed by atoms with E-state index in [1.165, 1.54) is 0 Å². The maximum absolute atomic E-state index is 13.8. The van der Waals surface area contributed by atoms with E-state index in [2.05, 4.69) is 66.0 Å². The van der Waals surface area contributed by atoms with Gasteiger partial charge in [-0.05, 0) is 119 Å². The molecule has 5 aromatic rings. The fraction of sp³-hybridized carbons (Fsp3) is 0.429. The van der Waals surface area contributed by atoms with Gasteiger partial charge in [-0.1, -0.05) is 166 Å². The summed E-state index contributed by atoms with van der Waals surface area (Å²) in [4.78, 5) is 87.3. The standard InChI is InChI=1S/C34H39N3O4.C29H37N3O4/c1-23(2)28-13-10-14-29(24(3)4)31(28)35-30(38)21-36-32(39)34(19-8-9-20-34)37(33(36)40)26-15-17-27(18-16-26)41-22-25-11-6-5-7-12-25;1-19(2)23-9-8-10-24(20(3)4)26(23)30-25(34)17-31-27(35)29(15-6-5-7-16-29)32(28(31)36)22-13-11-21(18-33)12-14-22/h5-7,10-18,23-24H,8-9,19-22H2,1-4H3,(H,35,38);8-14,19-20,33H,5-7,15-18H2,1-4H3,(H,30,34). The number of carbonyl (C=O) groups excluding carboxylic acids is 6. The molecule has 0 radical (unpaired) electrons. The predicted molar refractivity (Wildman–Crippen MR) is 302 cm³/mol. The number of ether oxygens (including phenoxy) is 1. The van der Waals surface area contributed by atoms with Crippen LogP contribution in [0, 0.1) is 0 Å². The van der Waals surface area contributed by atoms with Crippen LogP contribution >= 0.6 is 0 Å². The minimum atomic E-state index is -0.963. The Morgan fingerprint density at radius 3 is 1.25 bits per heavy atom. The van der Waals surface area contributed by atoms with Crippen LogP contribution in [0.3, 0.4) is 0 Å². The molecular weight excluding hydrogens is 969 g/mol. The molecule has 4 aliphatic rings. The lowest BCUT2D eigenvalue weighted by molar-refractivity contribution is -0.134. The highest BCUT2D eigenvalue weighted by molar-refractivity contribution is 6.20. The van der Waals surface area contributed by atoms with Crippen LogP contribution in [0.15, 0.2) is 115 Å². The van der Waals surface area contributed by atoms with Crippen molar-refractivity contribution in [3.05, 3.63) is 149 Å². The second-order valence-electron chi connectivity index (χ2n) is 22.3. The minimum Gasteiger partial charge on any atom is -0.489 e. The van der Waals surface area contributed by atoms with E-state index >= 15 is 0 Å². The number of imide groups is 2. The monoisotopic (exact) mass is 1040 g/mol. The summed E-state index contributed by atoms with van der Waals surface area (Å²) in [6.45, 7) is 16.4. The molecule has 0 bridgehead atoms. The number of nitrogens with zero attached hydrogens (tertiary/aromatic N) is 4. The Morgan fingerprint density at radius 1 is 0.494 bits per heavy atom. The molecule has 14 nitrogen and oxygen atoms in total. The molecule has 0 atom stereocenters. The van der Waals surface area contributed by atoms with E-state index in [-0.39, 0.29) is 67.0 Å². The SMILES string of the molecule is CC(C)c1cccc(C(C)C)c1NC(=O)CN1C(=O)N(c2ccc(CO)cc2)C2(CCCCC2)C1=O.CC(C)c1cccc(C(C)C)c1NC(=O)CN1C(=O)N(c2ccc(OCc3ccccc3)cc2)C2(CCCC2)C1=O. The van der Waals surface area contributed by atoms with Crippen LogP contribution in [0.1, 0.15) is 170 Å². The number of benzene rings is 5. The normalized spacial score (nSPS) is 16.9. The largest absolute Gasteiger partial charge is 0.489 e. The van der Waals surface area contributed by atoms with E-state index < -0.39 is 23.1 Å². The molecule has 2 aliphatic carbocycles. The van der Waals surface area contributed by atoms with Gasteiger partial charge in [-0.25, -0.2) is 9.59 Å². The van der Waals surface area contributed by atoms with Crippen LogP contribution < -0.4 is 25.2 Å². The Kier molecular flexibility index (Phi) is 17.4. The summed E-state index contributed by atoms with van der Waals surface area (Å²) in [6, 6.07) is 35.4. The lowest BCUT2D eigenvalue weighted by Gasteiger charge is -2.38. The van der Waals surface area contributed by atoms with Crippen molar-refractivity contribution in [2.24, 2.45) is 0 Å². The molecule has 14 heteroatoms. The molecule has 8 amide bonds.